The predicted octanol–water partition coefficient (Wildman–Crippen LogP) is 2.74. The lowest BCUT2D eigenvalue weighted by atomic mass is 10.2. The van der Waals surface area contributed by atoms with Gasteiger partial charge in [-0.25, -0.2) is 4.79 Å². The van der Waals surface area contributed by atoms with Crippen LogP contribution in [0, 0.1) is 6.92 Å². The van der Waals surface area contributed by atoms with Gasteiger partial charge in [-0.05, 0) is 18.1 Å². The van der Waals surface area contributed by atoms with Crippen molar-refractivity contribution in [2.45, 2.75) is 33.5 Å². The smallest absolute Gasteiger partial charge is 0.330 e. The second-order valence-corrected chi connectivity index (χ2v) is 6.30. The predicted molar refractivity (Wildman–Crippen MR) is 102 cm³/mol. The number of aryl methyl sites for hydroxylation is 1. The second-order valence-electron chi connectivity index (χ2n) is 6.30. The molecule has 0 radical (unpaired) electrons. The van der Waals surface area contributed by atoms with Gasteiger partial charge >= 0.3 is 5.69 Å². The topological polar surface area (TPSA) is 73.3 Å². The Morgan fingerprint density at radius 3 is 2.26 bits per heavy atom. The first-order valence-electron chi connectivity index (χ1n) is 8.70. The zero-order valence-corrected chi connectivity index (χ0v) is 15.2. The van der Waals surface area contributed by atoms with Crippen molar-refractivity contribution in [3.05, 3.63) is 104 Å². The Morgan fingerprint density at radius 2 is 1.52 bits per heavy atom. The van der Waals surface area contributed by atoms with Gasteiger partial charge in [-0.1, -0.05) is 60.2 Å². The van der Waals surface area contributed by atoms with Crippen molar-refractivity contribution in [1.82, 2.24) is 9.55 Å². The van der Waals surface area contributed by atoms with E-state index in [-0.39, 0.29) is 13.3 Å². The molecule has 0 unspecified atom stereocenters. The Kier molecular flexibility index (Phi) is 6.35. The van der Waals surface area contributed by atoms with Crippen LogP contribution in [0.1, 0.15) is 22.4 Å². The van der Waals surface area contributed by atoms with E-state index in [0.717, 1.165) is 11.1 Å². The van der Waals surface area contributed by atoms with Gasteiger partial charge in [0, 0.05) is 6.07 Å². The molecule has 27 heavy (non-hydrogen) atoms. The van der Waals surface area contributed by atoms with Crippen molar-refractivity contribution in [2.24, 2.45) is 0 Å². The number of hydrogen-bond acceptors (Lipinski definition) is 4. The van der Waals surface area contributed by atoms with Crippen molar-refractivity contribution in [2.75, 3.05) is 0 Å². The molecule has 0 aliphatic heterocycles. The van der Waals surface area contributed by atoms with E-state index in [9.17, 15) is 9.59 Å². The fourth-order valence-electron chi connectivity index (χ4n) is 2.62. The standard InChI is InChI=1S/C21H22N2O4/c1-16-7-9-18(10-8-16)12-26-14-19-11-20(24)22-21(25)23(19)15-27-13-17-5-3-2-4-6-17/h2-11H,12-15H2,1H3,(H,22,24,25). The number of hydrogen-bond donors (Lipinski definition) is 1. The van der Waals surface area contributed by atoms with Crippen molar-refractivity contribution in [3.8, 4) is 0 Å². The van der Waals surface area contributed by atoms with E-state index < -0.39 is 11.2 Å². The second kappa shape index (κ2) is 9.12. The molecule has 0 aliphatic rings. The molecule has 0 amide bonds. The van der Waals surface area contributed by atoms with E-state index in [0.29, 0.717) is 18.9 Å². The van der Waals surface area contributed by atoms with Crippen molar-refractivity contribution >= 4 is 0 Å². The van der Waals surface area contributed by atoms with E-state index in [2.05, 4.69) is 4.98 Å². The number of aromatic amines is 1. The summed E-state index contributed by atoms with van der Waals surface area (Å²) in [4.78, 5) is 26.1. The molecule has 0 aliphatic carbocycles. The quantitative estimate of drug-likeness (QED) is 0.665. The van der Waals surface area contributed by atoms with Gasteiger partial charge in [0.1, 0.15) is 6.73 Å². The van der Waals surface area contributed by atoms with Gasteiger partial charge in [0.2, 0.25) is 0 Å². The number of benzene rings is 2. The van der Waals surface area contributed by atoms with Gasteiger partial charge in [0.25, 0.3) is 5.56 Å². The summed E-state index contributed by atoms with van der Waals surface area (Å²) in [5.41, 5.74) is 2.73. The van der Waals surface area contributed by atoms with Gasteiger partial charge in [-0.2, -0.15) is 0 Å². The maximum Gasteiger partial charge on any atom is 0.330 e. The lowest BCUT2D eigenvalue weighted by molar-refractivity contribution is 0.0485. The third-order valence-electron chi connectivity index (χ3n) is 4.09. The lowest BCUT2D eigenvalue weighted by Gasteiger charge is -2.13. The van der Waals surface area contributed by atoms with Crippen molar-refractivity contribution in [3.63, 3.8) is 0 Å². The van der Waals surface area contributed by atoms with Crippen LogP contribution >= 0.6 is 0 Å². The SMILES string of the molecule is Cc1ccc(COCc2cc(=O)[nH]c(=O)n2COCc2ccccc2)cc1. The molecule has 3 rings (SSSR count). The highest BCUT2D eigenvalue weighted by Crippen LogP contribution is 2.07. The van der Waals surface area contributed by atoms with Gasteiger partial charge < -0.3 is 9.47 Å². The molecular formula is C21H22N2O4. The summed E-state index contributed by atoms with van der Waals surface area (Å²) in [6, 6.07) is 19.0. The van der Waals surface area contributed by atoms with Crippen LogP contribution in [0.2, 0.25) is 0 Å². The Bertz CT molecular complexity index is 976. The Balaban J connectivity index is 1.64. The van der Waals surface area contributed by atoms with E-state index in [1.165, 1.54) is 16.2 Å². The first-order chi connectivity index (χ1) is 13.1. The molecule has 6 nitrogen and oxygen atoms in total. The third-order valence-corrected chi connectivity index (χ3v) is 4.09. The van der Waals surface area contributed by atoms with Gasteiger partial charge in [0.05, 0.1) is 25.5 Å². The summed E-state index contributed by atoms with van der Waals surface area (Å²) >= 11 is 0. The van der Waals surface area contributed by atoms with E-state index in [1.807, 2.05) is 61.5 Å². The number of H-pyrrole nitrogens is 1. The summed E-state index contributed by atoms with van der Waals surface area (Å²) < 4.78 is 12.7. The average molecular weight is 366 g/mol. The van der Waals surface area contributed by atoms with Gasteiger partial charge in [0.15, 0.2) is 0 Å². The zero-order chi connectivity index (χ0) is 19.1. The summed E-state index contributed by atoms with van der Waals surface area (Å²) in [6.45, 7) is 2.96. The minimum atomic E-state index is -0.510. The number of aromatic nitrogens is 2. The maximum absolute atomic E-state index is 12.1. The number of nitrogens with one attached hydrogen (secondary N) is 1. The van der Waals surface area contributed by atoms with E-state index in [4.69, 9.17) is 9.47 Å². The first kappa shape index (κ1) is 18.8. The molecule has 0 fully saturated rings. The van der Waals surface area contributed by atoms with Crippen LogP contribution in [0.15, 0.2) is 70.3 Å². The van der Waals surface area contributed by atoms with Crippen molar-refractivity contribution < 1.29 is 9.47 Å². The molecule has 1 aromatic heterocycles. The van der Waals surface area contributed by atoms with Crippen LogP contribution < -0.4 is 11.2 Å². The minimum Gasteiger partial charge on any atom is -0.371 e. The van der Waals surface area contributed by atoms with Crippen LogP contribution in [0.25, 0.3) is 0 Å². The average Bonchev–Trinajstić information content (AvgIpc) is 2.66. The lowest BCUT2D eigenvalue weighted by Crippen LogP contribution is -2.33. The Hall–Kier alpha value is -2.96. The zero-order valence-electron chi connectivity index (χ0n) is 15.2. The summed E-state index contributed by atoms with van der Waals surface area (Å²) in [5, 5.41) is 0. The van der Waals surface area contributed by atoms with Gasteiger partial charge in [-0.3, -0.25) is 14.3 Å². The highest BCUT2D eigenvalue weighted by atomic mass is 16.5. The first-order valence-corrected chi connectivity index (χ1v) is 8.70. The van der Waals surface area contributed by atoms with Gasteiger partial charge in [-0.15, -0.1) is 0 Å². The molecule has 6 heteroatoms. The van der Waals surface area contributed by atoms with Crippen LogP contribution in [0.5, 0.6) is 0 Å². The fourth-order valence-corrected chi connectivity index (χ4v) is 2.62. The summed E-state index contributed by atoms with van der Waals surface area (Å²) in [5.74, 6) is 0. The molecule has 140 valence electrons. The molecule has 1 heterocycles. The molecule has 2 aromatic carbocycles. The van der Waals surface area contributed by atoms with Crippen LogP contribution in [-0.4, -0.2) is 9.55 Å². The van der Waals surface area contributed by atoms with Crippen LogP contribution in [0.3, 0.4) is 0 Å². The molecule has 0 bridgehead atoms. The van der Waals surface area contributed by atoms with Crippen LogP contribution in [-0.2, 0) is 36.0 Å². The van der Waals surface area contributed by atoms with E-state index >= 15 is 0 Å². The van der Waals surface area contributed by atoms with Crippen LogP contribution in [0.4, 0.5) is 0 Å². The molecule has 0 spiro atoms. The Morgan fingerprint density at radius 1 is 0.852 bits per heavy atom. The molecule has 0 saturated heterocycles. The Labute approximate surface area is 157 Å². The highest BCUT2D eigenvalue weighted by molar-refractivity contribution is 5.20. The summed E-state index contributed by atoms with van der Waals surface area (Å²) in [7, 11) is 0. The number of ether oxygens (including phenoxy) is 2. The third kappa shape index (κ3) is 5.51. The fraction of sp³-hybridized carbons (Fsp3) is 0.238. The molecular weight excluding hydrogens is 344 g/mol. The van der Waals surface area contributed by atoms with Crippen molar-refractivity contribution in [1.29, 1.82) is 0 Å². The summed E-state index contributed by atoms with van der Waals surface area (Å²) in [6.07, 6.45) is 0. The number of rotatable bonds is 8. The monoisotopic (exact) mass is 366 g/mol. The largest absolute Gasteiger partial charge is 0.371 e. The highest BCUT2D eigenvalue weighted by Gasteiger charge is 2.07. The minimum absolute atomic E-state index is 0.0354. The van der Waals surface area contributed by atoms with E-state index in [1.54, 1.807) is 0 Å². The number of nitrogens with zero attached hydrogens (tertiary/aromatic N) is 1. The molecule has 0 atom stereocenters. The molecule has 0 saturated carbocycles. The normalized spacial score (nSPS) is 10.9. The maximum atomic E-state index is 12.1. The molecule has 1 N–H and O–H groups in total. The molecule has 3 aromatic rings.